The van der Waals surface area contributed by atoms with E-state index in [2.05, 4.69) is 10.6 Å². The van der Waals surface area contributed by atoms with Crippen LogP contribution in [0, 0.1) is 0 Å². The molecule has 0 fully saturated rings. The van der Waals surface area contributed by atoms with Crippen molar-refractivity contribution >= 4 is 17.5 Å². The predicted molar refractivity (Wildman–Crippen MR) is 104 cm³/mol. The fourth-order valence-electron chi connectivity index (χ4n) is 2.51. The first-order valence-corrected chi connectivity index (χ1v) is 9.32. The Kier molecular flexibility index (Phi) is 10.4. The maximum Gasteiger partial charge on any atom is 0.315 e. The van der Waals surface area contributed by atoms with Crippen molar-refractivity contribution in [3.8, 4) is 0 Å². The lowest BCUT2D eigenvalue weighted by Crippen LogP contribution is -2.35. The third kappa shape index (κ3) is 9.75. The van der Waals surface area contributed by atoms with Crippen molar-refractivity contribution in [2.75, 3.05) is 25.5 Å². The number of nitrogens with one attached hydrogen (secondary N) is 2. The highest BCUT2D eigenvalue weighted by atomic mass is 16.2. The van der Waals surface area contributed by atoms with E-state index in [1.54, 1.807) is 0 Å². The number of Topliss-reactive ketones (excluding diaryl/α,β-unsaturated/α-hetero) is 1. The van der Waals surface area contributed by atoms with Gasteiger partial charge in [0.05, 0.1) is 0 Å². The van der Waals surface area contributed by atoms with Crippen LogP contribution >= 0.6 is 0 Å². The number of hydrogen-bond acceptors (Lipinski definition) is 3. The quantitative estimate of drug-likeness (QED) is 0.564. The van der Waals surface area contributed by atoms with Crippen LogP contribution in [0.4, 0.5) is 10.5 Å². The molecule has 0 atom stereocenters. The zero-order chi connectivity index (χ0) is 18.5. The first-order chi connectivity index (χ1) is 12.0. The van der Waals surface area contributed by atoms with Crippen molar-refractivity contribution in [2.24, 2.45) is 0 Å². The molecule has 0 aliphatic rings. The van der Waals surface area contributed by atoms with Crippen molar-refractivity contribution in [3.05, 3.63) is 29.8 Å². The molecule has 0 aromatic heterocycles. The zero-order valence-corrected chi connectivity index (χ0v) is 15.9. The average molecular weight is 348 g/mol. The third-order valence-electron chi connectivity index (χ3n) is 4.22. The summed E-state index contributed by atoms with van der Waals surface area (Å²) in [5.41, 5.74) is 2.23. The highest BCUT2D eigenvalue weighted by molar-refractivity contribution is 5.77. The molecule has 1 aromatic rings. The van der Waals surface area contributed by atoms with Gasteiger partial charge in [-0.3, -0.25) is 4.79 Å². The lowest BCUT2D eigenvalue weighted by atomic mass is 10.1. The predicted octanol–water partition coefficient (Wildman–Crippen LogP) is 3.87. The van der Waals surface area contributed by atoms with Gasteiger partial charge in [0.1, 0.15) is 5.78 Å². The normalized spacial score (nSPS) is 10.4. The summed E-state index contributed by atoms with van der Waals surface area (Å²) in [5.74, 6) is 0.356. The van der Waals surface area contributed by atoms with Crippen LogP contribution in [0.5, 0.6) is 0 Å². The van der Waals surface area contributed by atoms with E-state index in [4.69, 9.17) is 0 Å². The topological polar surface area (TPSA) is 61.4 Å². The van der Waals surface area contributed by atoms with Gasteiger partial charge in [-0.15, -0.1) is 0 Å². The minimum atomic E-state index is -0.120. The molecule has 0 aliphatic heterocycles. The van der Waals surface area contributed by atoms with Crippen molar-refractivity contribution in [1.82, 2.24) is 10.6 Å². The van der Waals surface area contributed by atoms with Crippen molar-refractivity contribution in [2.45, 2.75) is 58.4 Å². The lowest BCUT2D eigenvalue weighted by Gasteiger charge is -2.13. The lowest BCUT2D eigenvalue weighted by molar-refractivity contribution is -0.118. The van der Waals surface area contributed by atoms with Crippen LogP contribution in [0.3, 0.4) is 0 Å². The molecule has 0 saturated heterocycles. The maximum absolute atomic E-state index is 11.8. The molecule has 1 rings (SSSR count). The molecule has 1 aromatic carbocycles. The van der Waals surface area contributed by atoms with Gasteiger partial charge in [-0.2, -0.15) is 0 Å². The first-order valence-electron chi connectivity index (χ1n) is 9.32. The van der Waals surface area contributed by atoms with E-state index in [0.29, 0.717) is 31.7 Å². The molecule has 140 valence electrons. The van der Waals surface area contributed by atoms with Gasteiger partial charge in [-0.05, 0) is 30.5 Å². The number of nitrogens with zero attached hydrogens (tertiary/aromatic N) is 1. The number of ketones is 1. The van der Waals surface area contributed by atoms with Gasteiger partial charge in [0.25, 0.3) is 0 Å². The highest BCUT2D eigenvalue weighted by Crippen LogP contribution is 2.12. The number of amides is 2. The van der Waals surface area contributed by atoms with Crippen LogP contribution in [0.2, 0.25) is 0 Å². The molecule has 0 spiro atoms. The van der Waals surface area contributed by atoms with E-state index in [0.717, 1.165) is 43.4 Å². The third-order valence-corrected chi connectivity index (χ3v) is 4.22. The molecule has 0 heterocycles. The van der Waals surface area contributed by atoms with Crippen LogP contribution in [0.25, 0.3) is 0 Å². The van der Waals surface area contributed by atoms with Crippen LogP contribution in [-0.2, 0) is 11.3 Å². The number of rotatable bonds is 12. The first kappa shape index (κ1) is 21.0. The SMILES string of the molecule is CCC(=O)CCCCCCCNC(=O)NCc1ccc(N(C)C)cc1. The molecule has 25 heavy (non-hydrogen) atoms. The maximum atomic E-state index is 11.8. The van der Waals surface area contributed by atoms with Gasteiger partial charge < -0.3 is 15.5 Å². The van der Waals surface area contributed by atoms with E-state index in [9.17, 15) is 9.59 Å². The fraction of sp³-hybridized carbons (Fsp3) is 0.600. The van der Waals surface area contributed by atoms with Gasteiger partial charge in [-0.25, -0.2) is 4.79 Å². The minimum Gasteiger partial charge on any atom is -0.378 e. The molecule has 0 aliphatic carbocycles. The minimum absolute atomic E-state index is 0.120. The number of urea groups is 1. The van der Waals surface area contributed by atoms with Gasteiger partial charge in [0.15, 0.2) is 0 Å². The Morgan fingerprint density at radius 1 is 0.920 bits per heavy atom. The number of anilines is 1. The van der Waals surface area contributed by atoms with E-state index in [1.165, 1.54) is 0 Å². The van der Waals surface area contributed by atoms with Gasteiger partial charge in [0, 0.05) is 45.7 Å². The van der Waals surface area contributed by atoms with Crippen molar-refractivity contribution < 1.29 is 9.59 Å². The summed E-state index contributed by atoms with van der Waals surface area (Å²) in [7, 11) is 4.01. The Labute approximate surface area is 152 Å². The Hall–Kier alpha value is -2.04. The van der Waals surface area contributed by atoms with Crippen molar-refractivity contribution in [3.63, 3.8) is 0 Å². The Morgan fingerprint density at radius 3 is 2.20 bits per heavy atom. The largest absolute Gasteiger partial charge is 0.378 e. The van der Waals surface area contributed by atoms with Crippen LogP contribution in [-0.4, -0.2) is 32.5 Å². The van der Waals surface area contributed by atoms with Crippen molar-refractivity contribution in [1.29, 1.82) is 0 Å². The Balaban J connectivity index is 2.03. The molecule has 5 heteroatoms. The molecule has 0 bridgehead atoms. The number of benzene rings is 1. The number of unbranched alkanes of at least 4 members (excludes halogenated alkanes) is 4. The van der Waals surface area contributed by atoms with Crippen LogP contribution in [0.1, 0.15) is 57.4 Å². The molecular weight excluding hydrogens is 314 g/mol. The van der Waals surface area contributed by atoms with Gasteiger partial charge >= 0.3 is 6.03 Å². The van der Waals surface area contributed by atoms with Gasteiger partial charge in [-0.1, -0.05) is 38.3 Å². The molecule has 0 saturated carbocycles. The highest BCUT2D eigenvalue weighted by Gasteiger charge is 2.01. The summed E-state index contributed by atoms with van der Waals surface area (Å²) < 4.78 is 0. The number of hydrogen-bond donors (Lipinski definition) is 2. The summed E-state index contributed by atoms with van der Waals surface area (Å²) in [5, 5.41) is 5.76. The van der Waals surface area contributed by atoms with E-state index in [1.807, 2.05) is 50.2 Å². The molecule has 0 unspecified atom stereocenters. The van der Waals surface area contributed by atoms with Crippen LogP contribution in [0.15, 0.2) is 24.3 Å². The van der Waals surface area contributed by atoms with Crippen LogP contribution < -0.4 is 15.5 Å². The second-order valence-electron chi connectivity index (χ2n) is 6.58. The molecule has 2 amide bonds. The van der Waals surface area contributed by atoms with E-state index < -0.39 is 0 Å². The standard InChI is InChI=1S/C20H33N3O2/c1-4-19(24)10-8-6-5-7-9-15-21-20(25)22-16-17-11-13-18(14-12-17)23(2)3/h11-14H,4-10,15-16H2,1-3H3,(H2,21,22,25). The molecule has 2 N–H and O–H groups in total. The number of carbonyl (C=O) groups is 2. The number of carbonyl (C=O) groups excluding carboxylic acids is 2. The van der Waals surface area contributed by atoms with E-state index >= 15 is 0 Å². The average Bonchev–Trinajstić information content (AvgIpc) is 2.62. The van der Waals surface area contributed by atoms with Gasteiger partial charge in [0.2, 0.25) is 0 Å². The monoisotopic (exact) mass is 347 g/mol. The van der Waals surface area contributed by atoms with E-state index in [-0.39, 0.29) is 6.03 Å². The fourth-order valence-corrected chi connectivity index (χ4v) is 2.51. The summed E-state index contributed by atoms with van der Waals surface area (Å²) in [6.45, 7) is 3.14. The Bertz CT molecular complexity index is 512. The summed E-state index contributed by atoms with van der Waals surface area (Å²) in [6, 6.07) is 8.02. The molecular formula is C20H33N3O2. The molecule has 0 radical (unpaired) electrons. The smallest absolute Gasteiger partial charge is 0.315 e. The molecule has 5 nitrogen and oxygen atoms in total. The second kappa shape index (κ2) is 12.3. The summed E-state index contributed by atoms with van der Waals surface area (Å²) in [6.07, 6.45) is 6.65. The zero-order valence-electron chi connectivity index (χ0n) is 15.9. The summed E-state index contributed by atoms with van der Waals surface area (Å²) in [4.78, 5) is 25.0. The second-order valence-corrected chi connectivity index (χ2v) is 6.58. The Morgan fingerprint density at radius 2 is 1.56 bits per heavy atom. The summed E-state index contributed by atoms with van der Waals surface area (Å²) >= 11 is 0.